The van der Waals surface area contributed by atoms with Crippen molar-refractivity contribution >= 4 is 0 Å². The van der Waals surface area contributed by atoms with E-state index in [1.165, 1.54) is 19.3 Å². The van der Waals surface area contributed by atoms with Crippen molar-refractivity contribution in [1.29, 1.82) is 0 Å². The van der Waals surface area contributed by atoms with E-state index in [0.29, 0.717) is 17.4 Å². The van der Waals surface area contributed by atoms with Crippen molar-refractivity contribution in [2.24, 2.45) is 5.92 Å². The fourth-order valence-electron chi connectivity index (χ4n) is 3.71. The number of nitrogens with one attached hydrogen (secondary N) is 1. The third-order valence-electron chi connectivity index (χ3n) is 4.79. The van der Waals surface area contributed by atoms with Crippen LogP contribution in [0.2, 0.25) is 0 Å². The van der Waals surface area contributed by atoms with Gasteiger partial charge in [0.15, 0.2) is 0 Å². The maximum Gasteiger partial charge on any atom is 0.0135 e. The Morgan fingerprint density at radius 2 is 1.88 bits per heavy atom. The maximum atomic E-state index is 3.50. The highest BCUT2D eigenvalue weighted by Gasteiger charge is 2.42. The van der Waals surface area contributed by atoms with E-state index < -0.39 is 0 Å². The fourth-order valence-corrected chi connectivity index (χ4v) is 3.71. The molecule has 1 aromatic carbocycles. The second kappa shape index (κ2) is 4.81. The number of benzene rings is 1. The number of hydrogen-bond donors (Lipinski definition) is 1. The zero-order chi connectivity index (χ0) is 12.5. The lowest BCUT2D eigenvalue weighted by atomic mass is 9.60. The van der Waals surface area contributed by atoms with Gasteiger partial charge in [0.25, 0.3) is 0 Å². The minimum atomic E-state index is 0.309. The summed E-state index contributed by atoms with van der Waals surface area (Å²) in [4.78, 5) is 0. The van der Waals surface area contributed by atoms with Crippen molar-refractivity contribution in [3.8, 4) is 0 Å². The number of aryl methyl sites for hydroxylation is 1. The molecule has 1 nitrogen and oxygen atoms in total. The van der Waals surface area contributed by atoms with Crippen LogP contribution in [0, 0.1) is 5.92 Å². The van der Waals surface area contributed by atoms with Crippen molar-refractivity contribution in [3.05, 3.63) is 35.4 Å². The Hall–Kier alpha value is -0.820. The molecule has 0 fully saturated rings. The quantitative estimate of drug-likeness (QED) is 0.839. The molecule has 1 aromatic rings. The van der Waals surface area contributed by atoms with Crippen LogP contribution in [0.15, 0.2) is 24.3 Å². The van der Waals surface area contributed by atoms with Gasteiger partial charge in [0.05, 0.1) is 0 Å². The predicted molar refractivity (Wildman–Crippen MR) is 74.4 cm³/mol. The lowest BCUT2D eigenvalue weighted by Crippen LogP contribution is -2.50. The smallest absolute Gasteiger partial charge is 0.0135 e. The Morgan fingerprint density at radius 3 is 2.53 bits per heavy atom. The lowest BCUT2D eigenvalue weighted by Gasteiger charge is -2.47. The molecule has 0 bridgehead atoms. The summed E-state index contributed by atoms with van der Waals surface area (Å²) in [6.07, 6.45) is 3.88. The van der Waals surface area contributed by atoms with Crippen LogP contribution < -0.4 is 5.32 Å². The summed E-state index contributed by atoms with van der Waals surface area (Å²) in [5.74, 6) is 0.673. The first-order valence-corrected chi connectivity index (χ1v) is 6.88. The van der Waals surface area contributed by atoms with Crippen LogP contribution in [-0.4, -0.2) is 13.1 Å². The molecule has 1 aliphatic rings. The topological polar surface area (TPSA) is 12.0 Å². The summed E-state index contributed by atoms with van der Waals surface area (Å²) < 4.78 is 0. The summed E-state index contributed by atoms with van der Waals surface area (Å²) >= 11 is 0. The third-order valence-corrected chi connectivity index (χ3v) is 4.79. The zero-order valence-corrected chi connectivity index (χ0v) is 11.6. The summed E-state index contributed by atoms with van der Waals surface area (Å²) in [5, 5.41) is 3.50. The van der Waals surface area contributed by atoms with Crippen molar-refractivity contribution in [3.63, 3.8) is 0 Å². The molecule has 2 atom stereocenters. The van der Waals surface area contributed by atoms with Crippen LogP contribution in [0.5, 0.6) is 0 Å². The molecule has 17 heavy (non-hydrogen) atoms. The van der Waals surface area contributed by atoms with Crippen molar-refractivity contribution in [1.82, 2.24) is 5.32 Å². The molecular weight excluding hydrogens is 206 g/mol. The van der Waals surface area contributed by atoms with Gasteiger partial charge in [-0.3, -0.25) is 0 Å². The Kier molecular flexibility index (Phi) is 3.58. The first-order valence-electron chi connectivity index (χ1n) is 6.88. The number of hydrogen-bond acceptors (Lipinski definition) is 1. The van der Waals surface area contributed by atoms with Gasteiger partial charge in [-0.05, 0) is 50.3 Å². The number of likely N-dealkylation sites (N-methyl/N-ethyl adjacent to an activating group) is 1. The second-order valence-corrected chi connectivity index (χ2v) is 5.72. The summed E-state index contributed by atoms with van der Waals surface area (Å²) in [7, 11) is 2.09. The highest BCUT2D eigenvalue weighted by Crippen LogP contribution is 2.45. The summed E-state index contributed by atoms with van der Waals surface area (Å²) in [6.45, 7) is 7.08. The third kappa shape index (κ3) is 1.91. The van der Waals surface area contributed by atoms with E-state index >= 15 is 0 Å². The molecule has 0 amide bonds. The standard InChI is InChI=1S/C16H25N/c1-12(2)16(13(3)17-4)11-7-9-14-8-5-6-10-15(14)16/h5-6,8,10,12-13,17H,7,9,11H2,1-4H3. The van der Waals surface area contributed by atoms with Crippen molar-refractivity contribution in [2.75, 3.05) is 7.05 Å². The van der Waals surface area contributed by atoms with Crippen LogP contribution in [0.1, 0.15) is 44.7 Å². The first-order chi connectivity index (χ1) is 8.13. The number of fused-ring (bicyclic) bond motifs is 1. The molecule has 0 saturated heterocycles. The molecule has 0 aromatic heterocycles. The lowest BCUT2D eigenvalue weighted by molar-refractivity contribution is 0.202. The molecule has 2 unspecified atom stereocenters. The van der Waals surface area contributed by atoms with Crippen molar-refractivity contribution < 1.29 is 0 Å². The van der Waals surface area contributed by atoms with Gasteiger partial charge in [-0.1, -0.05) is 38.1 Å². The Labute approximate surface area is 106 Å². The monoisotopic (exact) mass is 231 g/mol. The molecule has 1 heteroatoms. The molecule has 0 radical (unpaired) electrons. The highest BCUT2D eigenvalue weighted by molar-refractivity contribution is 5.39. The van der Waals surface area contributed by atoms with Gasteiger partial charge in [-0.2, -0.15) is 0 Å². The molecule has 0 saturated carbocycles. The SMILES string of the molecule is CNC(C)C1(C(C)C)CCCc2ccccc21. The van der Waals surface area contributed by atoms with E-state index in [9.17, 15) is 0 Å². The molecule has 0 heterocycles. The van der Waals surface area contributed by atoms with Gasteiger partial charge in [-0.15, -0.1) is 0 Å². The normalized spacial score (nSPS) is 25.7. The Balaban J connectivity index is 2.55. The Morgan fingerprint density at radius 1 is 1.18 bits per heavy atom. The Bertz CT molecular complexity index is 383. The van der Waals surface area contributed by atoms with E-state index in [4.69, 9.17) is 0 Å². The molecule has 2 rings (SSSR count). The summed E-state index contributed by atoms with van der Waals surface area (Å²) in [5.41, 5.74) is 3.46. The molecular formula is C16H25N. The minimum Gasteiger partial charge on any atom is -0.316 e. The van der Waals surface area contributed by atoms with Crippen LogP contribution in [0.4, 0.5) is 0 Å². The van der Waals surface area contributed by atoms with Crippen molar-refractivity contribution in [2.45, 2.75) is 51.5 Å². The van der Waals surface area contributed by atoms with E-state index in [0.717, 1.165) is 0 Å². The van der Waals surface area contributed by atoms with Gasteiger partial charge in [-0.25, -0.2) is 0 Å². The summed E-state index contributed by atoms with van der Waals surface area (Å²) in [6, 6.07) is 9.57. The average molecular weight is 231 g/mol. The molecule has 1 N–H and O–H groups in total. The largest absolute Gasteiger partial charge is 0.316 e. The molecule has 94 valence electrons. The molecule has 0 spiro atoms. The van der Waals surface area contributed by atoms with E-state index in [1.807, 2.05) is 0 Å². The van der Waals surface area contributed by atoms with Crippen LogP contribution in [0.3, 0.4) is 0 Å². The maximum absolute atomic E-state index is 3.50. The second-order valence-electron chi connectivity index (χ2n) is 5.72. The minimum absolute atomic E-state index is 0.309. The number of rotatable bonds is 3. The van der Waals surface area contributed by atoms with Gasteiger partial charge < -0.3 is 5.32 Å². The molecule has 1 aliphatic carbocycles. The first kappa shape index (κ1) is 12.6. The predicted octanol–water partition coefficient (Wildman–Crippen LogP) is 3.52. The zero-order valence-electron chi connectivity index (χ0n) is 11.6. The average Bonchev–Trinajstić information content (AvgIpc) is 2.36. The fraction of sp³-hybridized carbons (Fsp3) is 0.625. The highest BCUT2D eigenvalue weighted by atomic mass is 14.9. The van der Waals surface area contributed by atoms with E-state index in [2.05, 4.69) is 57.4 Å². The van der Waals surface area contributed by atoms with Gasteiger partial charge in [0.1, 0.15) is 0 Å². The van der Waals surface area contributed by atoms with Gasteiger partial charge in [0, 0.05) is 11.5 Å². The van der Waals surface area contributed by atoms with Crippen LogP contribution in [0.25, 0.3) is 0 Å². The van der Waals surface area contributed by atoms with Gasteiger partial charge >= 0.3 is 0 Å². The van der Waals surface area contributed by atoms with Crippen LogP contribution in [-0.2, 0) is 11.8 Å². The van der Waals surface area contributed by atoms with E-state index in [1.54, 1.807) is 11.1 Å². The molecule has 0 aliphatic heterocycles. The van der Waals surface area contributed by atoms with E-state index in [-0.39, 0.29) is 0 Å². The van der Waals surface area contributed by atoms with Crippen LogP contribution >= 0.6 is 0 Å². The van der Waals surface area contributed by atoms with Gasteiger partial charge in [0.2, 0.25) is 0 Å².